The monoisotopic (exact) mass is 390 g/mol. The molecule has 2 rings (SSSR count). The van der Waals surface area contributed by atoms with E-state index in [1.807, 2.05) is 37.4 Å². The van der Waals surface area contributed by atoms with Gasteiger partial charge in [0.25, 0.3) is 0 Å². The van der Waals surface area contributed by atoms with E-state index < -0.39 is 0 Å². The van der Waals surface area contributed by atoms with Crippen molar-refractivity contribution in [1.29, 1.82) is 0 Å². The number of rotatable bonds is 10. The number of benzene rings is 1. The highest BCUT2D eigenvalue weighted by Gasteiger charge is 2.20. The van der Waals surface area contributed by atoms with E-state index in [2.05, 4.69) is 41.3 Å². The van der Waals surface area contributed by atoms with Crippen molar-refractivity contribution in [3.8, 4) is 5.75 Å². The van der Waals surface area contributed by atoms with Gasteiger partial charge in [-0.25, -0.2) is 0 Å². The highest BCUT2D eigenvalue weighted by atomic mass is 16.5. The number of aliphatic imine (C=N–C) groups is 1. The molecule has 1 aliphatic rings. The topological polar surface area (TPSA) is 58.1 Å². The Kier molecular flexibility index (Phi) is 10.1. The lowest BCUT2D eigenvalue weighted by atomic mass is 10.1. The summed E-state index contributed by atoms with van der Waals surface area (Å²) in [6, 6.07) is 10.4. The molecule has 1 unspecified atom stereocenters. The van der Waals surface area contributed by atoms with Crippen LogP contribution < -0.4 is 15.4 Å². The van der Waals surface area contributed by atoms with E-state index in [9.17, 15) is 0 Å². The lowest BCUT2D eigenvalue weighted by molar-refractivity contribution is 0.0532. The van der Waals surface area contributed by atoms with Crippen molar-refractivity contribution < 1.29 is 9.47 Å². The van der Waals surface area contributed by atoms with Crippen LogP contribution in [0.4, 0.5) is 0 Å². The first-order valence-corrected chi connectivity index (χ1v) is 10.6. The minimum atomic E-state index is 0.115. The van der Waals surface area contributed by atoms with Crippen LogP contribution in [0.15, 0.2) is 35.3 Å². The molecule has 0 amide bonds. The summed E-state index contributed by atoms with van der Waals surface area (Å²) in [7, 11) is 1.83. The van der Waals surface area contributed by atoms with Crippen molar-refractivity contribution in [2.45, 2.75) is 58.3 Å². The van der Waals surface area contributed by atoms with Crippen molar-refractivity contribution in [2.75, 3.05) is 39.8 Å². The molecule has 1 heterocycles. The first-order valence-electron chi connectivity index (χ1n) is 10.6. The minimum Gasteiger partial charge on any atom is -0.489 e. The maximum absolute atomic E-state index is 6.05. The number of ether oxygens (including phenoxy) is 2. The molecule has 1 aromatic carbocycles. The van der Waals surface area contributed by atoms with Crippen LogP contribution in [0.2, 0.25) is 0 Å². The van der Waals surface area contributed by atoms with Crippen LogP contribution in [0.3, 0.4) is 0 Å². The normalized spacial score (nSPS) is 17.5. The summed E-state index contributed by atoms with van der Waals surface area (Å²) >= 11 is 0. The first kappa shape index (κ1) is 22.5. The Labute approximate surface area is 170 Å². The van der Waals surface area contributed by atoms with Crippen molar-refractivity contribution in [1.82, 2.24) is 15.5 Å². The van der Waals surface area contributed by atoms with Gasteiger partial charge in [-0.1, -0.05) is 25.1 Å². The van der Waals surface area contributed by atoms with Gasteiger partial charge in [-0.15, -0.1) is 0 Å². The third kappa shape index (κ3) is 8.48. The van der Waals surface area contributed by atoms with Gasteiger partial charge in [0.15, 0.2) is 5.96 Å². The van der Waals surface area contributed by atoms with Gasteiger partial charge < -0.3 is 25.0 Å². The molecule has 6 heteroatoms. The lowest BCUT2D eigenvalue weighted by Crippen LogP contribution is -2.50. The third-order valence-corrected chi connectivity index (χ3v) is 5.01. The van der Waals surface area contributed by atoms with Gasteiger partial charge >= 0.3 is 0 Å². The Balaban J connectivity index is 1.68. The fraction of sp³-hybridized carbons (Fsp3) is 0.682. The molecule has 1 aromatic rings. The minimum absolute atomic E-state index is 0.115. The SMILES string of the molecule is CCC(CNC(=NC)NC1CCN(CCOC(C)C)CC1)Oc1ccccc1. The Morgan fingerprint density at radius 1 is 1.21 bits per heavy atom. The number of likely N-dealkylation sites (tertiary alicyclic amines) is 1. The first-order chi connectivity index (χ1) is 13.6. The second-order valence-electron chi connectivity index (χ2n) is 7.59. The summed E-state index contributed by atoms with van der Waals surface area (Å²) < 4.78 is 11.7. The van der Waals surface area contributed by atoms with Crippen LogP contribution in [0.25, 0.3) is 0 Å². The number of hydrogen-bond acceptors (Lipinski definition) is 4. The molecule has 6 nitrogen and oxygen atoms in total. The Hall–Kier alpha value is -1.79. The summed E-state index contributed by atoms with van der Waals surface area (Å²) in [6.45, 7) is 11.1. The molecular formula is C22H38N4O2. The molecule has 1 saturated heterocycles. The maximum atomic E-state index is 6.05. The zero-order valence-corrected chi connectivity index (χ0v) is 18.0. The zero-order chi connectivity index (χ0) is 20.2. The summed E-state index contributed by atoms with van der Waals surface area (Å²) in [5, 5.41) is 7.00. The van der Waals surface area contributed by atoms with E-state index in [0.717, 1.165) is 63.8 Å². The zero-order valence-electron chi connectivity index (χ0n) is 18.0. The van der Waals surface area contributed by atoms with Crippen molar-refractivity contribution >= 4 is 5.96 Å². The van der Waals surface area contributed by atoms with Crippen LogP contribution >= 0.6 is 0 Å². The fourth-order valence-electron chi connectivity index (χ4n) is 3.28. The molecular weight excluding hydrogens is 352 g/mol. The average molecular weight is 391 g/mol. The molecule has 0 aromatic heterocycles. The van der Waals surface area contributed by atoms with E-state index in [4.69, 9.17) is 9.47 Å². The largest absolute Gasteiger partial charge is 0.489 e. The van der Waals surface area contributed by atoms with Crippen molar-refractivity contribution in [2.24, 2.45) is 4.99 Å². The van der Waals surface area contributed by atoms with Crippen molar-refractivity contribution in [3.63, 3.8) is 0 Å². The second kappa shape index (κ2) is 12.6. The summed E-state index contributed by atoms with van der Waals surface area (Å²) in [6.07, 6.45) is 3.62. The lowest BCUT2D eigenvalue weighted by Gasteiger charge is -2.33. The standard InChI is InChI=1S/C22H38N4O2/c1-5-20(28-21-9-7-6-8-10-21)17-24-22(23-4)25-19-11-13-26(14-12-19)15-16-27-18(2)3/h6-10,18-20H,5,11-17H2,1-4H3,(H2,23,24,25). The molecule has 1 atom stereocenters. The number of guanidine groups is 1. The van der Waals surface area contributed by atoms with E-state index >= 15 is 0 Å². The number of piperidine rings is 1. The number of nitrogens with zero attached hydrogens (tertiary/aromatic N) is 2. The molecule has 2 N–H and O–H groups in total. The quantitative estimate of drug-likeness (QED) is 0.475. The molecule has 158 valence electrons. The van der Waals surface area contributed by atoms with Crippen molar-refractivity contribution in [3.05, 3.63) is 30.3 Å². The van der Waals surface area contributed by atoms with Crippen LogP contribution in [0, 0.1) is 0 Å². The maximum Gasteiger partial charge on any atom is 0.191 e. The molecule has 0 bridgehead atoms. The van der Waals surface area contributed by atoms with E-state index in [0.29, 0.717) is 12.1 Å². The van der Waals surface area contributed by atoms with Gasteiger partial charge in [-0.05, 0) is 45.2 Å². The predicted molar refractivity (Wildman–Crippen MR) is 116 cm³/mol. The molecule has 28 heavy (non-hydrogen) atoms. The van der Waals surface area contributed by atoms with Crippen LogP contribution in [0.5, 0.6) is 5.75 Å². The molecule has 1 fully saturated rings. The van der Waals surface area contributed by atoms with Gasteiger partial charge in [0.2, 0.25) is 0 Å². The van der Waals surface area contributed by atoms with Gasteiger partial charge in [0.05, 0.1) is 19.3 Å². The van der Waals surface area contributed by atoms with Gasteiger partial charge in [0.1, 0.15) is 11.9 Å². The van der Waals surface area contributed by atoms with E-state index in [-0.39, 0.29) is 6.10 Å². The van der Waals surface area contributed by atoms with Crippen LogP contribution in [-0.4, -0.2) is 68.9 Å². The molecule has 1 aliphatic heterocycles. The Bertz CT molecular complexity index is 557. The summed E-state index contributed by atoms with van der Waals surface area (Å²) in [5.41, 5.74) is 0. The number of hydrogen-bond donors (Lipinski definition) is 2. The molecule has 0 radical (unpaired) electrons. The van der Waals surface area contributed by atoms with E-state index in [1.54, 1.807) is 0 Å². The Morgan fingerprint density at radius 3 is 2.54 bits per heavy atom. The molecule has 0 spiro atoms. The molecule has 0 saturated carbocycles. The summed E-state index contributed by atoms with van der Waals surface area (Å²) in [4.78, 5) is 6.87. The van der Waals surface area contributed by atoms with Crippen LogP contribution in [-0.2, 0) is 4.74 Å². The smallest absolute Gasteiger partial charge is 0.191 e. The van der Waals surface area contributed by atoms with Gasteiger partial charge in [0, 0.05) is 32.7 Å². The Morgan fingerprint density at radius 2 is 1.93 bits per heavy atom. The number of nitrogens with one attached hydrogen (secondary N) is 2. The highest BCUT2D eigenvalue weighted by Crippen LogP contribution is 2.12. The number of para-hydroxylation sites is 1. The molecule has 0 aliphatic carbocycles. The highest BCUT2D eigenvalue weighted by molar-refractivity contribution is 5.80. The average Bonchev–Trinajstić information content (AvgIpc) is 2.71. The predicted octanol–water partition coefficient (Wildman–Crippen LogP) is 2.90. The third-order valence-electron chi connectivity index (χ3n) is 5.01. The van der Waals surface area contributed by atoms with Crippen LogP contribution in [0.1, 0.15) is 40.0 Å². The second-order valence-corrected chi connectivity index (χ2v) is 7.59. The fourth-order valence-corrected chi connectivity index (χ4v) is 3.28. The van der Waals surface area contributed by atoms with Gasteiger partial charge in [-0.3, -0.25) is 4.99 Å². The van der Waals surface area contributed by atoms with Gasteiger partial charge in [-0.2, -0.15) is 0 Å². The summed E-state index contributed by atoms with van der Waals surface area (Å²) in [5.74, 6) is 1.77. The van der Waals surface area contributed by atoms with E-state index in [1.165, 1.54) is 0 Å².